The van der Waals surface area contributed by atoms with Crippen molar-refractivity contribution in [3.05, 3.63) is 60.4 Å². The molecule has 0 aliphatic carbocycles. The second-order valence-corrected chi connectivity index (χ2v) is 13.5. The second kappa shape index (κ2) is 13.7. The van der Waals surface area contributed by atoms with Crippen LogP contribution in [0.15, 0.2) is 59.9 Å². The molecule has 2 unspecified atom stereocenters. The highest BCUT2D eigenvalue weighted by Crippen LogP contribution is 2.61. The number of benzene rings is 1. The number of carbonyl (C=O) groups excluding carboxylic acids is 1. The molecule has 0 aliphatic rings. The smallest absolute Gasteiger partial charge is 0.360 e. The molecule has 0 fully saturated rings. The molecular formula is C24H33N3O7P2S. The Balaban J connectivity index is 1.72. The second-order valence-electron chi connectivity index (χ2n) is 8.07. The Bertz CT molecular complexity index is 1250. The molecular weight excluding hydrogens is 536 g/mol. The van der Waals surface area contributed by atoms with Gasteiger partial charge in [0.2, 0.25) is 5.91 Å². The molecule has 0 spiro atoms. The minimum Gasteiger partial charge on any atom is -0.361 e. The van der Waals surface area contributed by atoms with Gasteiger partial charge in [0, 0.05) is 41.9 Å². The van der Waals surface area contributed by atoms with Crippen molar-refractivity contribution in [3.8, 4) is 0 Å². The number of fused-ring (bicyclic) bond motifs is 1. The molecule has 202 valence electrons. The number of nitrogens with one attached hydrogen (secondary N) is 2. The fourth-order valence-corrected chi connectivity index (χ4v) is 7.73. The first kappa shape index (κ1) is 29.6. The zero-order valence-corrected chi connectivity index (χ0v) is 23.6. The molecule has 0 bridgehead atoms. The van der Waals surface area contributed by atoms with Crippen LogP contribution in [0.5, 0.6) is 0 Å². The summed E-state index contributed by atoms with van der Waals surface area (Å²) in [6, 6.07) is 13.0. The number of aromatic nitrogens is 2. The Labute approximate surface area is 221 Å². The van der Waals surface area contributed by atoms with Crippen molar-refractivity contribution in [1.29, 1.82) is 0 Å². The molecule has 3 N–H and O–H groups in total. The van der Waals surface area contributed by atoms with E-state index in [4.69, 9.17) is 13.6 Å². The third-order valence-electron chi connectivity index (χ3n) is 5.39. The van der Waals surface area contributed by atoms with Crippen LogP contribution in [0.25, 0.3) is 10.9 Å². The van der Waals surface area contributed by atoms with Crippen LogP contribution in [0.2, 0.25) is 0 Å². The fraction of sp³-hybridized carbons (Fsp3) is 0.417. The van der Waals surface area contributed by atoms with Crippen LogP contribution in [-0.4, -0.2) is 51.4 Å². The lowest BCUT2D eigenvalue weighted by molar-refractivity contribution is -0.120. The average molecular weight is 570 g/mol. The maximum Gasteiger partial charge on any atom is 0.360 e. The minimum absolute atomic E-state index is 0.00672. The molecule has 1 aromatic carbocycles. The van der Waals surface area contributed by atoms with Gasteiger partial charge in [-0.15, -0.1) is 11.8 Å². The van der Waals surface area contributed by atoms with Crippen molar-refractivity contribution in [2.45, 2.75) is 50.3 Å². The Kier molecular flexibility index (Phi) is 11.0. The number of H-pyrrole nitrogens is 1. The van der Waals surface area contributed by atoms with E-state index < -0.39 is 32.7 Å². The zero-order chi connectivity index (χ0) is 26.9. The molecule has 0 radical (unpaired) electrons. The summed E-state index contributed by atoms with van der Waals surface area (Å²) in [4.78, 5) is 30.6. The Morgan fingerprint density at radius 3 is 2.51 bits per heavy atom. The maximum absolute atomic E-state index is 13.7. The van der Waals surface area contributed by atoms with Gasteiger partial charge in [0.1, 0.15) is 5.78 Å². The Morgan fingerprint density at radius 2 is 1.84 bits per heavy atom. The average Bonchev–Trinajstić information content (AvgIpc) is 3.27. The lowest BCUT2D eigenvalue weighted by Crippen LogP contribution is -2.34. The maximum atomic E-state index is 13.7. The molecule has 10 nitrogen and oxygen atoms in total. The summed E-state index contributed by atoms with van der Waals surface area (Å²) in [6.07, 6.45) is 3.50. The lowest BCUT2D eigenvalue weighted by Gasteiger charge is -2.30. The van der Waals surface area contributed by atoms with Crippen LogP contribution in [0.1, 0.15) is 32.8 Å². The predicted molar refractivity (Wildman–Crippen MR) is 145 cm³/mol. The summed E-state index contributed by atoms with van der Waals surface area (Å²) in [6.45, 7) is 4.79. The third-order valence-corrected chi connectivity index (χ3v) is 10.4. The van der Waals surface area contributed by atoms with E-state index in [0.29, 0.717) is 5.75 Å². The molecule has 2 aromatic heterocycles. The number of hydrogen-bond acceptors (Lipinski definition) is 8. The van der Waals surface area contributed by atoms with Gasteiger partial charge in [0.25, 0.3) is 0 Å². The quantitative estimate of drug-likeness (QED) is 0.159. The first-order valence-corrected chi connectivity index (χ1v) is 16.2. The van der Waals surface area contributed by atoms with Gasteiger partial charge < -0.3 is 24.2 Å². The summed E-state index contributed by atoms with van der Waals surface area (Å²) in [7, 11) is -8.46. The number of para-hydroxylation sites is 1. The zero-order valence-electron chi connectivity index (χ0n) is 21.0. The third kappa shape index (κ3) is 8.26. The number of hydrogen-bond donors (Lipinski definition) is 3. The fourth-order valence-electron chi connectivity index (χ4n) is 3.59. The van der Waals surface area contributed by atoms with Gasteiger partial charge in [-0.2, -0.15) is 0 Å². The van der Waals surface area contributed by atoms with Crippen LogP contribution in [0, 0.1) is 0 Å². The summed E-state index contributed by atoms with van der Waals surface area (Å²) >= 11 is 1.40. The Hall–Kier alpha value is -1.97. The number of rotatable bonds is 15. The normalized spacial score (nSPS) is 15.2. The van der Waals surface area contributed by atoms with Crippen molar-refractivity contribution < 1.29 is 32.4 Å². The van der Waals surface area contributed by atoms with Gasteiger partial charge in [-0.05, 0) is 44.5 Å². The van der Waals surface area contributed by atoms with Gasteiger partial charge in [-0.3, -0.25) is 18.4 Å². The molecule has 3 atom stereocenters. The molecule has 0 saturated heterocycles. The van der Waals surface area contributed by atoms with Crippen LogP contribution < -0.4 is 5.32 Å². The van der Waals surface area contributed by atoms with Crippen molar-refractivity contribution in [2.75, 3.05) is 19.0 Å². The largest absolute Gasteiger partial charge is 0.361 e. The SMILES string of the molecule is CCOP(=O)(OCC)C(Cc1c[nH]c2ccccc12)OP(=O)(O)[C@H](C)NC(=O)CCSc1ccccn1. The number of carbonyl (C=O) groups is 1. The van der Waals surface area contributed by atoms with Crippen molar-refractivity contribution >= 4 is 43.8 Å². The topological polar surface area (TPSA) is 140 Å². The highest BCUT2D eigenvalue weighted by Gasteiger charge is 2.44. The van der Waals surface area contributed by atoms with E-state index in [2.05, 4.69) is 15.3 Å². The summed E-state index contributed by atoms with van der Waals surface area (Å²) in [5, 5.41) is 4.16. The molecule has 3 rings (SSSR count). The molecule has 0 aliphatic heterocycles. The van der Waals surface area contributed by atoms with E-state index >= 15 is 0 Å². The highest BCUT2D eigenvalue weighted by molar-refractivity contribution is 7.99. The molecule has 3 aromatic rings. The predicted octanol–water partition coefficient (Wildman–Crippen LogP) is 5.54. The molecule has 13 heteroatoms. The molecule has 1 amide bonds. The molecule has 2 heterocycles. The molecule has 37 heavy (non-hydrogen) atoms. The number of thioether (sulfide) groups is 1. The number of aromatic amines is 1. The standard InChI is InChI=1S/C24H33N3O7P2S/c1-4-32-36(31,33-5-2)24(16-19-17-26-21-11-7-6-10-20(19)21)34-35(29,30)18(3)27-22(28)13-15-37-23-12-8-9-14-25-23/h6-12,14,17-18,24,26H,4-5,13,15-16H2,1-3H3,(H,27,28)(H,29,30)/t18-,24?/m1/s1. The van der Waals surface area contributed by atoms with Crippen molar-refractivity contribution in [2.24, 2.45) is 0 Å². The number of amides is 1. The van der Waals surface area contributed by atoms with Crippen LogP contribution >= 0.6 is 27.0 Å². The first-order chi connectivity index (χ1) is 17.7. The van der Waals surface area contributed by atoms with Crippen molar-refractivity contribution in [3.63, 3.8) is 0 Å². The van der Waals surface area contributed by atoms with Crippen molar-refractivity contribution in [1.82, 2.24) is 15.3 Å². The summed E-state index contributed by atoms with van der Waals surface area (Å²) < 4.78 is 43.5. The van der Waals surface area contributed by atoms with E-state index in [1.54, 1.807) is 32.3 Å². The summed E-state index contributed by atoms with van der Waals surface area (Å²) in [5.74, 6) is -2.59. The van der Waals surface area contributed by atoms with Crippen LogP contribution in [0.4, 0.5) is 0 Å². The lowest BCUT2D eigenvalue weighted by atomic mass is 10.1. The van der Waals surface area contributed by atoms with E-state index in [1.807, 2.05) is 36.4 Å². The van der Waals surface area contributed by atoms with Gasteiger partial charge in [0.15, 0.2) is 5.85 Å². The summed E-state index contributed by atoms with van der Waals surface area (Å²) in [5.41, 5.74) is 1.58. The number of nitrogens with zero attached hydrogens (tertiary/aromatic N) is 1. The monoisotopic (exact) mass is 569 g/mol. The molecule has 0 saturated carbocycles. The number of pyridine rings is 1. The van der Waals surface area contributed by atoms with E-state index in [0.717, 1.165) is 21.5 Å². The van der Waals surface area contributed by atoms with Gasteiger partial charge in [-0.1, -0.05) is 24.3 Å². The van der Waals surface area contributed by atoms with Gasteiger partial charge in [0.05, 0.1) is 18.2 Å². The van der Waals surface area contributed by atoms with Gasteiger partial charge in [-0.25, -0.2) is 4.98 Å². The van der Waals surface area contributed by atoms with Crippen LogP contribution in [0.3, 0.4) is 0 Å². The van der Waals surface area contributed by atoms with Gasteiger partial charge >= 0.3 is 15.2 Å². The van der Waals surface area contributed by atoms with E-state index in [1.165, 1.54) is 18.7 Å². The Morgan fingerprint density at radius 1 is 1.14 bits per heavy atom. The highest BCUT2D eigenvalue weighted by atomic mass is 32.2. The first-order valence-electron chi connectivity index (χ1n) is 12.0. The minimum atomic E-state index is -4.50. The van der Waals surface area contributed by atoms with E-state index in [-0.39, 0.29) is 26.1 Å². The van der Waals surface area contributed by atoms with E-state index in [9.17, 15) is 18.8 Å². The van der Waals surface area contributed by atoms with Crippen LogP contribution in [-0.2, 0) is 33.9 Å².